The van der Waals surface area contributed by atoms with E-state index in [0.29, 0.717) is 27.5 Å². The Balaban J connectivity index is 1.61. The summed E-state index contributed by atoms with van der Waals surface area (Å²) in [7, 11) is 0. The molecule has 0 unspecified atom stereocenters. The number of nitrogens with one attached hydrogen (secondary N) is 2. The highest BCUT2D eigenvalue weighted by atomic mass is 35.5. The summed E-state index contributed by atoms with van der Waals surface area (Å²) in [6, 6.07) is 21.5. The van der Waals surface area contributed by atoms with Crippen LogP contribution in [0.5, 0.6) is 0 Å². The predicted octanol–water partition coefficient (Wildman–Crippen LogP) is 6.04. The van der Waals surface area contributed by atoms with E-state index in [1.807, 2.05) is 31.2 Å². The smallest absolute Gasteiger partial charge is 0.271 e. The number of nitrogens with zero attached hydrogens (tertiary/aromatic N) is 1. The molecule has 0 heterocycles. The van der Waals surface area contributed by atoms with Gasteiger partial charge in [0.05, 0.1) is 5.71 Å². The average molecular weight is 448 g/mol. The fraction of sp³-hybridized carbons (Fsp3) is 0.192. The SMILES string of the molecule is C/C(=N/NC(=O)c1ccc(C(C)(C)C)cc1)c1ccc(NC(=O)c2ccc(Cl)cc2)cc1. The molecule has 0 aliphatic rings. The highest BCUT2D eigenvalue weighted by molar-refractivity contribution is 6.30. The van der Waals surface area contributed by atoms with Gasteiger partial charge >= 0.3 is 0 Å². The van der Waals surface area contributed by atoms with Crippen LogP contribution in [0.2, 0.25) is 5.02 Å². The summed E-state index contributed by atoms with van der Waals surface area (Å²) in [6.45, 7) is 8.20. The lowest BCUT2D eigenvalue weighted by atomic mass is 9.87. The molecule has 3 aromatic carbocycles. The molecule has 5 nitrogen and oxygen atoms in total. The molecule has 0 aliphatic carbocycles. The summed E-state index contributed by atoms with van der Waals surface area (Å²) in [5.41, 5.74) is 7.01. The van der Waals surface area contributed by atoms with Crippen LogP contribution in [0.3, 0.4) is 0 Å². The summed E-state index contributed by atoms with van der Waals surface area (Å²) in [6.07, 6.45) is 0. The maximum Gasteiger partial charge on any atom is 0.271 e. The van der Waals surface area contributed by atoms with Gasteiger partial charge in [0.15, 0.2) is 0 Å². The molecule has 0 saturated heterocycles. The van der Waals surface area contributed by atoms with Gasteiger partial charge in [-0.05, 0) is 72.0 Å². The van der Waals surface area contributed by atoms with Gasteiger partial charge in [-0.1, -0.05) is 56.6 Å². The molecule has 0 radical (unpaired) electrons. The van der Waals surface area contributed by atoms with Gasteiger partial charge in [-0.2, -0.15) is 5.10 Å². The Labute approximate surface area is 193 Å². The van der Waals surface area contributed by atoms with Gasteiger partial charge in [0.25, 0.3) is 11.8 Å². The zero-order valence-corrected chi connectivity index (χ0v) is 19.3. The van der Waals surface area contributed by atoms with Gasteiger partial charge in [-0.15, -0.1) is 0 Å². The van der Waals surface area contributed by atoms with Gasteiger partial charge in [0, 0.05) is 21.8 Å². The normalized spacial score (nSPS) is 11.7. The second-order valence-electron chi connectivity index (χ2n) is 8.50. The monoisotopic (exact) mass is 447 g/mol. The Bertz CT molecular complexity index is 1130. The number of rotatable bonds is 5. The number of carbonyl (C=O) groups is 2. The molecule has 0 aromatic heterocycles. The number of hydrazone groups is 1. The second-order valence-corrected chi connectivity index (χ2v) is 8.94. The quantitative estimate of drug-likeness (QED) is 0.369. The van der Waals surface area contributed by atoms with E-state index in [-0.39, 0.29) is 17.2 Å². The first-order chi connectivity index (χ1) is 15.1. The minimum Gasteiger partial charge on any atom is -0.322 e. The molecule has 3 aromatic rings. The van der Waals surface area contributed by atoms with Crippen molar-refractivity contribution in [1.82, 2.24) is 5.43 Å². The number of hydrogen-bond donors (Lipinski definition) is 2. The van der Waals surface area contributed by atoms with Crippen molar-refractivity contribution < 1.29 is 9.59 Å². The predicted molar refractivity (Wildman–Crippen MR) is 131 cm³/mol. The van der Waals surface area contributed by atoms with Crippen LogP contribution in [-0.4, -0.2) is 17.5 Å². The Hall–Kier alpha value is -3.44. The van der Waals surface area contributed by atoms with E-state index in [4.69, 9.17) is 11.6 Å². The van der Waals surface area contributed by atoms with Gasteiger partial charge in [0.2, 0.25) is 0 Å². The largest absolute Gasteiger partial charge is 0.322 e. The fourth-order valence-corrected chi connectivity index (χ4v) is 3.11. The van der Waals surface area contributed by atoms with E-state index in [1.165, 1.54) is 0 Å². The number of halogens is 1. The van der Waals surface area contributed by atoms with Crippen molar-refractivity contribution in [2.75, 3.05) is 5.32 Å². The molecule has 0 bridgehead atoms. The molecule has 0 saturated carbocycles. The molecule has 2 N–H and O–H groups in total. The number of anilines is 1. The number of benzene rings is 3. The molecular formula is C26H26ClN3O2. The van der Waals surface area contributed by atoms with Crippen LogP contribution in [0.25, 0.3) is 0 Å². The lowest BCUT2D eigenvalue weighted by Crippen LogP contribution is -2.20. The summed E-state index contributed by atoms with van der Waals surface area (Å²) in [4.78, 5) is 24.7. The van der Waals surface area contributed by atoms with Crippen LogP contribution in [0.15, 0.2) is 77.9 Å². The fourth-order valence-electron chi connectivity index (χ4n) is 2.98. The van der Waals surface area contributed by atoms with Gasteiger partial charge in [-0.3, -0.25) is 9.59 Å². The van der Waals surface area contributed by atoms with Crippen LogP contribution in [0.4, 0.5) is 5.69 Å². The molecule has 0 aliphatic heterocycles. The molecule has 3 rings (SSSR count). The molecular weight excluding hydrogens is 422 g/mol. The minimum absolute atomic E-state index is 0.0319. The maximum atomic E-state index is 12.4. The third-order valence-electron chi connectivity index (χ3n) is 5.01. The molecule has 32 heavy (non-hydrogen) atoms. The van der Waals surface area contributed by atoms with Crippen LogP contribution in [-0.2, 0) is 5.41 Å². The first kappa shape index (κ1) is 23.2. The average Bonchev–Trinajstić information content (AvgIpc) is 2.77. The van der Waals surface area contributed by atoms with Crippen molar-refractivity contribution >= 4 is 34.8 Å². The minimum atomic E-state index is -0.267. The van der Waals surface area contributed by atoms with E-state index >= 15 is 0 Å². The van der Waals surface area contributed by atoms with E-state index in [0.717, 1.165) is 11.1 Å². The third-order valence-corrected chi connectivity index (χ3v) is 5.26. The molecule has 2 amide bonds. The third kappa shape index (κ3) is 6.05. The van der Waals surface area contributed by atoms with Crippen LogP contribution in [0, 0.1) is 0 Å². The topological polar surface area (TPSA) is 70.6 Å². The number of amides is 2. The highest BCUT2D eigenvalue weighted by Gasteiger charge is 2.14. The molecule has 164 valence electrons. The molecule has 6 heteroatoms. The second kappa shape index (κ2) is 9.79. The van der Waals surface area contributed by atoms with Gasteiger partial charge < -0.3 is 5.32 Å². The van der Waals surface area contributed by atoms with Crippen molar-refractivity contribution in [3.63, 3.8) is 0 Å². The van der Waals surface area contributed by atoms with Crippen molar-refractivity contribution in [1.29, 1.82) is 0 Å². The van der Waals surface area contributed by atoms with E-state index in [2.05, 4.69) is 36.6 Å². The summed E-state index contributed by atoms with van der Waals surface area (Å²) in [5, 5.41) is 7.62. The summed E-state index contributed by atoms with van der Waals surface area (Å²) >= 11 is 5.86. The van der Waals surface area contributed by atoms with Gasteiger partial charge in [-0.25, -0.2) is 5.43 Å². The molecule has 0 atom stereocenters. The standard InChI is InChI=1S/C26H26ClN3O2/c1-17(29-30-25(32)20-5-11-21(12-6-20)26(2,3)4)18-9-15-23(16-10-18)28-24(31)19-7-13-22(27)14-8-19/h5-16H,1-4H3,(H,28,31)(H,30,32)/b29-17-. The zero-order valence-electron chi connectivity index (χ0n) is 18.6. The maximum absolute atomic E-state index is 12.4. The zero-order chi connectivity index (χ0) is 23.3. The van der Waals surface area contributed by atoms with Crippen LogP contribution >= 0.6 is 11.6 Å². The Morgan fingerprint density at radius 3 is 1.81 bits per heavy atom. The first-order valence-electron chi connectivity index (χ1n) is 10.3. The van der Waals surface area contributed by atoms with Crippen molar-refractivity contribution in [2.24, 2.45) is 5.10 Å². The van der Waals surface area contributed by atoms with E-state index in [1.54, 1.807) is 48.5 Å². The van der Waals surface area contributed by atoms with Crippen LogP contribution < -0.4 is 10.7 Å². The lowest BCUT2D eigenvalue weighted by molar-refractivity contribution is 0.0954. The highest BCUT2D eigenvalue weighted by Crippen LogP contribution is 2.22. The summed E-state index contributed by atoms with van der Waals surface area (Å²) in [5.74, 6) is -0.485. The Morgan fingerprint density at radius 2 is 1.25 bits per heavy atom. The number of carbonyl (C=O) groups excluding carboxylic acids is 2. The van der Waals surface area contributed by atoms with E-state index < -0.39 is 0 Å². The summed E-state index contributed by atoms with van der Waals surface area (Å²) < 4.78 is 0. The Morgan fingerprint density at radius 1 is 0.750 bits per heavy atom. The first-order valence-corrected chi connectivity index (χ1v) is 10.6. The van der Waals surface area contributed by atoms with Crippen LogP contribution in [0.1, 0.15) is 59.5 Å². The van der Waals surface area contributed by atoms with Crippen molar-refractivity contribution in [3.05, 3.63) is 100 Å². The van der Waals surface area contributed by atoms with Crippen molar-refractivity contribution in [2.45, 2.75) is 33.1 Å². The Kier molecular flexibility index (Phi) is 7.11. The number of hydrogen-bond acceptors (Lipinski definition) is 3. The lowest BCUT2D eigenvalue weighted by Gasteiger charge is -2.18. The molecule has 0 fully saturated rings. The van der Waals surface area contributed by atoms with E-state index in [9.17, 15) is 9.59 Å². The van der Waals surface area contributed by atoms with Gasteiger partial charge in [0.1, 0.15) is 0 Å². The van der Waals surface area contributed by atoms with Crippen molar-refractivity contribution in [3.8, 4) is 0 Å². The molecule has 0 spiro atoms.